The molecule has 1 aromatic carbocycles. The van der Waals surface area contributed by atoms with Crippen molar-refractivity contribution in [3.05, 3.63) is 33.3 Å². The molecule has 0 atom stereocenters. The van der Waals surface area contributed by atoms with E-state index in [1.165, 1.54) is 11.3 Å². The number of carbonyl (C=O) groups is 1. The number of halogens is 2. The van der Waals surface area contributed by atoms with Crippen LogP contribution in [0, 0.1) is 0 Å². The van der Waals surface area contributed by atoms with Crippen LogP contribution in [0.2, 0.25) is 10.0 Å². The van der Waals surface area contributed by atoms with Gasteiger partial charge in [-0.15, -0.1) is 10.2 Å². The van der Waals surface area contributed by atoms with E-state index in [1.54, 1.807) is 18.2 Å². The van der Waals surface area contributed by atoms with Gasteiger partial charge >= 0.3 is 0 Å². The Morgan fingerprint density at radius 1 is 1.30 bits per heavy atom. The maximum absolute atomic E-state index is 11.9. The Morgan fingerprint density at radius 3 is 2.70 bits per heavy atom. The Labute approximate surface area is 149 Å². The van der Waals surface area contributed by atoms with Gasteiger partial charge in [-0.25, -0.2) is 0 Å². The second kappa shape index (κ2) is 8.47. The molecule has 0 radical (unpaired) electrons. The Hall–Kier alpha value is -1.37. The summed E-state index contributed by atoms with van der Waals surface area (Å²) in [5.74, 6) is 0.465. The molecule has 0 aliphatic rings. The smallest absolute Gasteiger partial charge is 0.264 e. The minimum absolute atomic E-state index is 0.165. The first-order valence-corrected chi connectivity index (χ1v) is 8.81. The third-order valence-electron chi connectivity index (χ3n) is 3.27. The SMILES string of the molecule is CCC(CC)c1nnc(NC(=O)COc2ccc(Cl)cc2Cl)s1. The number of nitrogens with zero attached hydrogens (tertiary/aromatic N) is 2. The average Bonchev–Trinajstić information content (AvgIpc) is 2.96. The molecule has 1 aromatic heterocycles. The Balaban J connectivity index is 1.90. The van der Waals surface area contributed by atoms with Crippen molar-refractivity contribution in [2.45, 2.75) is 32.6 Å². The van der Waals surface area contributed by atoms with Crippen molar-refractivity contribution in [3.63, 3.8) is 0 Å². The van der Waals surface area contributed by atoms with Crippen LogP contribution >= 0.6 is 34.5 Å². The maximum atomic E-state index is 11.9. The highest BCUT2D eigenvalue weighted by molar-refractivity contribution is 7.15. The lowest BCUT2D eigenvalue weighted by Crippen LogP contribution is -2.20. The highest BCUT2D eigenvalue weighted by Crippen LogP contribution is 2.29. The van der Waals surface area contributed by atoms with E-state index in [2.05, 4.69) is 29.4 Å². The lowest BCUT2D eigenvalue weighted by molar-refractivity contribution is -0.118. The summed E-state index contributed by atoms with van der Waals surface area (Å²) in [6, 6.07) is 4.82. The van der Waals surface area contributed by atoms with Gasteiger partial charge < -0.3 is 4.74 Å². The molecule has 5 nitrogen and oxygen atoms in total. The van der Waals surface area contributed by atoms with Gasteiger partial charge in [0.05, 0.1) is 5.02 Å². The second-order valence-electron chi connectivity index (χ2n) is 4.87. The Morgan fingerprint density at radius 2 is 2.04 bits per heavy atom. The van der Waals surface area contributed by atoms with Crippen molar-refractivity contribution in [2.75, 3.05) is 11.9 Å². The van der Waals surface area contributed by atoms with Crippen LogP contribution in [0.25, 0.3) is 0 Å². The molecule has 1 amide bonds. The average molecular weight is 374 g/mol. The Bertz CT molecular complexity index is 674. The number of hydrogen-bond acceptors (Lipinski definition) is 5. The lowest BCUT2D eigenvalue weighted by atomic mass is 10.1. The lowest BCUT2D eigenvalue weighted by Gasteiger charge is -2.07. The van der Waals surface area contributed by atoms with Crippen molar-refractivity contribution < 1.29 is 9.53 Å². The monoisotopic (exact) mass is 373 g/mol. The fourth-order valence-corrected chi connectivity index (χ4v) is 3.47. The molecule has 0 bridgehead atoms. The molecule has 0 fully saturated rings. The van der Waals surface area contributed by atoms with Crippen LogP contribution in [-0.4, -0.2) is 22.7 Å². The first kappa shape index (κ1) is 18.0. The van der Waals surface area contributed by atoms with Gasteiger partial charge in [0.15, 0.2) is 6.61 Å². The molecular weight excluding hydrogens is 357 g/mol. The molecule has 2 rings (SSSR count). The van der Waals surface area contributed by atoms with Gasteiger partial charge in [-0.2, -0.15) is 0 Å². The molecule has 0 aliphatic carbocycles. The summed E-state index contributed by atoms with van der Waals surface area (Å²) in [6.45, 7) is 4.05. The molecule has 124 valence electrons. The number of aromatic nitrogens is 2. The number of amides is 1. The van der Waals surface area contributed by atoms with Gasteiger partial charge in [-0.1, -0.05) is 48.4 Å². The van der Waals surface area contributed by atoms with E-state index in [0.29, 0.717) is 26.8 Å². The van der Waals surface area contributed by atoms with Crippen molar-refractivity contribution in [1.29, 1.82) is 0 Å². The number of hydrogen-bond donors (Lipinski definition) is 1. The predicted molar refractivity (Wildman–Crippen MR) is 93.8 cm³/mol. The van der Waals surface area contributed by atoms with Gasteiger partial charge in [0.25, 0.3) is 5.91 Å². The minimum atomic E-state index is -0.316. The number of rotatable bonds is 7. The molecule has 2 aromatic rings. The standard InChI is InChI=1S/C15H17Cl2N3O2S/c1-3-9(4-2)14-19-20-15(23-14)18-13(21)8-22-12-6-5-10(16)7-11(12)17/h5-7,9H,3-4,8H2,1-2H3,(H,18,20,21). The first-order chi connectivity index (χ1) is 11.0. The van der Waals surface area contributed by atoms with E-state index in [1.807, 2.05) is 0 Å². The zero-order chi connectivity index (χ0) is 16.8. The zero-order valence-electron chi connectivity index (χ0n) is 12.8. The third-order valence-corrected chi connectivity index (χ3v) is 4.81. The largest absolute Gasteiger partial charge is 0.482 e. The van der Waals surface area contributed by atoms with Crippen molar-refractivity contribution in [3.8, 4) is 5.75 Å². The summed E-state index contributed by atoms with van der Waals surface area (Å²) in [6.07, 6.45) is 1.99. The summed E-state index contributed by atoms with van der Waals surface area (Å²) >= 11 is 13.2. The topological polar surface area (TPSA) is 64.1 Å². The second-order valence-corrected chi connectivity index (χ2v) is 6.72. The molecule has 0 aliphatic heterocycles. The normalized spacial score (nSPS) is 10.8. The number of ether oxygens (including phenoxy) is 1. The predicted octanol–water partition coefficient (Wildman–Crippen LogP) is 4.77. The molecule has 0 unspecified atom stereocenters. The summed E-state index contributed by atoms with van der Waals surface area (Å²) in [4.78, 5) is 11.9. The van der Waals surface area contributed by atoms with E-state index >= 15 is 0 Å². The van der Waals surface area contributed by atoms with Crippen LogP contribution in [0.5, 0.6) is 5.75 Å². The molecular formula is C15H17Cl2N3O2S. The summed E-state index contributed by atoms with van der Waals surface area (Å²) in [7, 11) is 0. The van der Waals surface area contributed by atoms with E-state index in [-0.39, 0.29) is 12.5 Å². The molecule has 8 heteroatoms. The third kappa shape index (κ3) is 5.06. The number of benzene rings is 1. The molecule has 0 spiro atoms. The van der Waals surface area contributed by atoms with Crippen LogP contribution in [-0.2, 0) is 4.79 Å². The molecule has 1 N–H and O–H groups in total. The van der Waals surface area contributed by atoms with E-state index in [4.69, 9.17) is 27.9 Å². The summed E-state index contributed by atoms with van der Waals surface area (Å²) in [5.41, 5.74) is 0. The number of anilines is 1. The van der Waals surface area contributed by atoms with Gasteiger partial charge in [0.2, 0.25) is 5.13 Å². The number of nitrogens with one attached hydrogen (secondary N) is 1. The van der Waals surface area contributed by atoms with E-state index in [0.717, 1.165) is 17.8 Å². The van der Waals surface area contributed by atoms with Crippen molar-refractivity contribution >= 4 is 45.6 Å². The highest BCUT2D eigenvalue weighted by Gasteiger charge is 2.15. The first-order valence-electron chi connectivity index (χ1n) is 7.24. The quantitative estimate of drug-likeness (QED) is 0.759. The summed E-state index contributed by atoms with van der Waals surface area (Å²) < 4.78 is 5.38. The highest BCUT2D eigenvalue weighted by atomic mass is 35.5. The molecule has 23 heavy (non-hydrogen) atoms. The molecule has 0 saturated carbocycles. The molecule has 1 heterocycles. The van der Waals surface area contributed by atoms with Crippen LogP contribution in [0.3, 0.4) is 0 Å². The van der Waals surface area contributed by atoms with E-state index in [9.17, 15) is 4.79 Å². The number of carbonyl (C=O) groups excluding carboxylic acids is 1. The van der Waals surface area contributed by atoms with Gasteiger partial charge in [-0.3, -0.25) is 10.1 Å². The van der Waals surface area contributed by atoms with Gasteiger partial charge in [0.1, 0.15) is 10.8 Å². The molecule has 0 saturated heterocycles. The van der Waals surface area contributed by atoms with Crippen LogP contribution in [0.4, 0.5) is 5.13 Å². The zero-order valence-corrected chi connectivity index (χ0v) is 15.1. The van der Waals surface area contributed by atoms with Crippen LogP contribution in [0.1, 0.15) is 37.6 Å². The van der Waals surface area contributed by atoms with Crippen molar-refractivity contribution in [1.82, 2.24) is 10.2 Å². The van der Waals surface area contributed by atoms with Gasteiger partial charge in [0, 0.05) is 10.9 Å². The van der Waals surface area contributed by atoms with Gasteiger partial charge in [-0.05, 0) is 31.0 Å². The minimum Gasteiger partial charge on any atom is -0.482 e. The van der Waals surface area contributed by atoms with Crippen LogP contribution in [0.15, 0.2) is 18.2 Å². The Kier molecular flexibility index (Phi) is 6.62. The van der Waals surface area contributed by atoms with E-state index < -0.39 is 0 Å². The summed E-state index contributed by atoms with van der Waals surface area (Å²) in [5, 5.41) is 13.1. The fourth-order valence-electron chi connectivity index (χ4n) is 1.98. The fraction of sp³-hybridized carbons (Fsp3) is 0.400. The van der Waals surface area contributed by atoms with Crippen LogP contribution < -0.4 is 10.1 Å². The van der Waals surface area contributed by atoms with Crippen molar-refractivity contribution in [2.24, 2.45) is 0 Å². The maximum Gasteiger partial charge on any atom is 0.264 e.